The predicted molar refractivity (Wildman–Crippen MR) is 96.8 cm³/mol. The first-order chi connectivity index (χ1) is 11.3. The van der Waals surface area contributed by atoms with Crippen LogP contribution in [0.2, 0.25) is 0 Å². The lowest BCUT2D eigenvalue weighted by molar-refractivity contribution is 0.102. The summed E-state index contributed by atoms with van der Waals surface area (Å²) in [5.74, 6) is -0.449. The quantitative estimate of drug-likeness (QED) is 0.757. The van der Waals surface area contributed by atoms with Crippen molar-refractivity contribution in [3.63, 3.8) is 0 Å². The van der Waals surface area contributed by atoms with Gasteiger partial charge >= 0.3 is 0 Å². The Morgan fingerprint density at radius 1 is 1.29 bits per heavy atom. The first kappa shape index (κ1) is 19.0. The van der Waals surface area contributed by atoms with E-state index in [2.05, 4.69) is 31.4 Å². The summed E-state index contributed by atoms with van der Waals surface area (Å²) in [7, 11) is -3.64. The largest absolute Gasteiger partial charge is 0.296 e. The summed E-state index contributed by atoms with van der Waals surface area (Å²) < 4.78 is 27.0. The van der Waals surface area contributed by atoms with E-state index in [-0.39, 0.29) is 10.5 Å². The molecule has 0 aliphatic heterocycles. The Kier molecular flexibility index (Phi) is 6.07. The Bertz CT molecular complexity index is 847. The lowest BCUT2D eigenvalue weighted by atomic mass is 10.2. The summed E-state index contributed by atoms with van der Waals surface area (Å²) in [6.45, 7) is 6.04. The number of rotatable bonds is 6. The molecule has 0 fully saturated rings. The molecule has 0 aliphatic rings. The predicted octanol–water partition coefficient (Wildman–Crippen LogP) is 2.89. The van der Waals surface area contributed by atoms with Gasteiger partial charge in [-0.3, -0.25) is 10.1 Å². The molecule has 130 valence electrons. The molecular weight excluding hydrogens is 416 g/mol. The number of anilines is 1. The van der Waals surface area contributed by atoms with Crippen LogP contribution in [-0.2, 0) is 10.0 Å². The van der Waals surface area contributed by atoms with Crippen LogP contribution in [0.1, 0.15) is 29.2 Å². The first-order valence-corrected chi connectivity index (χ1v) is 10.3. The summed E-state index contributed by atoms with van der Waals surface area (Å²) in [5.41, 5.74) is 0.219. The summed E-state index contributed by atoms with van der Waals surface area (Å²) in [6.07, 6.45) is 0. The highest BCUT2D eigenvalue weighted by Crippen LogP contribution is 2.25. The lowest BCUT2D eigenvalue weighted by Gasteiger charge is -2.19. The minimum Gasteiger partial charge on any atom is -0.296 e. The summed E-state index contributed by atoms with van der Waals surface area (Å²) in [5, 5.41) is 11.4. The highest BCUT2D eigenvalue weighted by atomic mass is 79.9. The van der Waals surface area contributed by atoms with Crippen LogP contribution in [0.3, 0.4) is 0 Å². The van der Waals surface area contributed by atoms with Gasteiger partial charge in [0, 0.05) is 17.6 Å². The van der Waals surface area contributed by atoms with E-state index in [1.165, 1.54) is 27.8 Å². The third-order valence-electron chi connectivity index (χ3n) is 3.27. The maximum atomic E-state index is 12.6. The highest BCUT2D eigenvalue weighted by molar-refractivity contribution is 9.10. The molecular formula is C14H17BrN4O3S2. The summed E-state index contributed by atoms with van der Waals surface area (Å²) in [6, 6.07) is 4.39. The van der Waals surface area contributed by atoms with Crippen molar-refractivity contribution >= 4 is 48.3 Å². The number of carbonyl (C=O) groups is 1. The molecule has 0 bridgehead atoms. The fourth-order valence-corrected chi connectivity index (χ4v) is 4.56. The van der Waals surface area contributed by atoms with E-state index in [0.717, 1.165) is 5.01 Å². The third-order valence-corrected chi connectivity index (χ3v) is 6.76. The zero-order valence-electron chi connectivity index (χ0n) is 13.4. The van der Waals surface area contributed by atoms with Crippen LogP contribution in [0.15, 0.2) is 27.6 Å². The molecule has 2 aromatic rings. The van der Waals surface area contributed by atoms with Gasteiger partial charge in [0.05, 0.1) is 10.5 Å². The molecule has 0 spiro atoms. The van der Waals surface area contributed by atoms with E-state index in [1.807, 2.05) is 0 Å². The number of benzene rings is 1. The highest BCUT2D eigenvalue weighted by Gasteiger charge is 2.24. The van der Waals surface area contributed by atoms with Gasteiger partial charge in [0.2, 0.25) is 15.2 Å². The van der Waals surface area contributed by atoms with Crippen molar-refractivity contribution in [1.82, 2.24) is 14.5 Å². The molecule has 1 aromatic heterocycles. The van der Waals surface area contributed by atoms with Crippen molar-refractivity contribution in [1.29, 1.82) is 0 Å². The molecule has 1 aromatic carbocycles. The number of halogens is 1. The van der Waals surface area contributed by atoms with Crippen LogP contribution < -0.4 is 5.32 Å². The molecule has 0 saturated carbocycles. The molecule has 1 amide bonds. The Hall–Kier alpha value is -1.36. The van der Waals surface area contributed by atoms with E-state index >= 15 is 0 Å². The molecule has 0 aliphatic carbocycles. The standard InChI is InChI=1S/C14H17BrN4O3S2/c1-4-19(5-2)24(21,22)10-6-7-12(15)11(8-10)13(20)16-14-18-17-9(3)23-14/h6-8H,4-5H2,1-3H3,(H,16,18,20). The number of sulfonamides is 1. The molecule has 1 heterocycles. The van der Waals surface area contributed by atoms with E-state index in [0.29, 0.717) is 22.7 Å². The third kappa shape index (κ3) is 4.00. The average molecular weight is 433 g/mol. The first-order valence-electron chi connectivity index (χ1n) is 7.20. The zero-order chi connectivity index (χ0) is 17.9. The van der Waals surface area contributed by atoms with Gasteiger partial charge in [-0.15, -0.1) is 10.2 Å². The molecule has 0 unspecified atom stereocenters. The van der Waals surface area contributed by atoms with E-state index in [9.17, 15) is 13.2 Å². The second-order valence-electron chi connectivity index (χ2n) is 4.81. The maximum absolute atomic E-state index is 12.6. The summed E-state index contributed by atoms with van der Waals surface area (Å²) >= 11 is 4.53. The van der Waals surface area contributed by atoms with Gasteiger partial charge in [-0.1, -0.05) is 25.2 Å². The normalized spacial score (nSPS) is 11.7. The van der Waals surface area contributed by atoms with Gasteiger partial charge in [0.25, 0.3) is 5.91 Å². The molecule has 0 radical (unpaired) electrons. The molecule has 0 saturated heterocycles. The minimum atomic E-state index is -3.64. The number of hydrogen-bond donors (Lipinski definition) is 1. The summed E-state index contributed by atoms with van der Waals surface area (Å²) in [4.78, 5) is 12.5. The van der Waals surface area contributed by atoms with Gasteiger partial charge in [-0.25, -0.2) is 8.42 Å². The number of hydrogen-bond acceptors (Lipinski definition) is 6. The molecule has 2 rings (SSSR count). The second kappa shape index (κ2) is 7.68. The molecule has 10 heteroatoms. The van der Waals surface area contributed by atoms with E-state index < -0.39 is 15.9 Å². The van der Waals surface area contributed by atoms with Crippen molar-refractivity contribution < 1.29 is 13.2 Å². The number of aromatic nitrogens is 2. The van der Waals surface area contributed by atoms with Gasteiger partial charge < -0.3 is 0 Å². The van der Waals surface area contributed by atoms with Crippen LogP contribution in [0.5, 0.6) is 0 Å². The van der Waals surface area contributed by atoms with Crippen LogP contribution >= 0.6 is 27.3 Å². The average Bonchev–Trinajstić information content (AvgIpc) is 2.93. The molecule has 24 heavy (non-hydrogen) atoms. The van der Waals surface area contributed by atoms with Gasteiger partial charge in [0.1, 0.15) is 5.01 Å². The Morgan fingerprint density at radius 3 is 2.50 bits per heavy atom. The van der Waals surface area contributed by atoms with Crippen LogP contribution in [0.25, 0.3) is 0 Å². The van der Waals surface area contributed by atoms with Gasteiger partial charge in [-0.2, -0.15) is 4.31 Å². The number of nitrogens with zero attached hydrogens (tertiary/aromatic N) is 3. The Morgan fingerprint density at radius 2 is 1.96 bits per heavy atom. The SMILES string of the molecule is CCN(CC)S(=O)(=O)c1ccc(Br)c(C(=O)Nc2nnc(C)s2)c1. The van der Waals surface area contributed by atoms with E-state index in [1.54, 1.807) is 26.8 Å². The fraction of sp³-hybridized carbons (Fsp3) is 0.357. The van der Waals surface area contributed by atoms with E-state index in [4.69, 9.17) is 0 Å². The van der Waals surface area contributed by atoms with Crippen molar-refractivity contribution in [2.45, 2.75) is 25.7 Å². The van der Waals surface area contributed by atoms with Gasteiger partial charge in [0.15, 0.2) is 0 Å². The molecule has 7 nitrogen and oxygen atoms in total. The smallest absolute Gasteiger partial charge is 0.258 e. The zero-order valence-corrected chi connectivity index (χ0v) is 16.6. The topological polar surface area (TPSA) is 92.3 Å². The second-order valence-corrected chi connectivity index (χ2v) is 8.79. The number of carbonyl (C=O) groups excluding carboxylic acids is 1. The molecule has 0 atom stereocenters. The van der Waals surface area contributed by atoms with Crippen LogP contribution in [0.4, 0.5) is 5.13 Å². The molecule has 1 N–H and O–H groups in total. The van der Waals surface area contributed by atoms with Crippen molar-refractivity contribution in [2.24, 2.45) is 0 Å². The van der Waals surface area contributed by atoms with Crippen molar-refractivity contribution in [3.05, 3.63) is 33.2 Å². The lowest BCUT2D eigenvalue weighted by Crippen LogP contribution is -2.30. The Labute approximate surface area is 153 Å². The fourth-order valence-electron chi connectivity index (χ4n) is 2.06. The minimum absolute atomic E-state index is 0.0768. The Balaban J connectivity index is 2.36. The number of nitrogens with one attached hydrogen (secondary N) is 1. The van der Waals surface area contributed by atoms with Crippen LogP contribution in [-0.4, -0.2) is 41.9 Å². The van der Waals surface area contributed by atoms with Crippen molar-refractivity contribution in [2.75, 3.05) is 18.4 Å². The number of amides is 1. The monoisotopic (exact) mass is 432 g/mol. The van der Waals surface area contributed by atoms with Gasteiger partial charge in [-0.05, 0) is 41.1 Å². The maximum Gasteiger partial charge on any atom is 0.258 e. The van der Waals surface area contributed by atoms with Crippen molar-refractivity contribution in [3.8, 4) is 0 Å². The number of aryl methyl sites for hydroxylation is 1. The van der Waals surface area contributed by atoms with Crippen LogP contribution in [0, 0.1) is 6.92 Å².